The number of nitrogens with one attached hydrogen (secondary N) is 2. The molecule has 0 unspecified atom stereocenters. The summed E-state index contributed by atoms with van der Waals surface area (Å²) in [5.74, 6) is 2.85. The molecule has 1 aromatic carbocycles. The lowest BCUT2D eigenvalue weighted by molar-refractivity contribution is 0.799. The molecule has 3 nitrogen and oxygen atoms in total. The Bertz CT molecular complexity index is 424. The van der Waals surface area contributed by atoms with Crippen LogP contribution in [-0.4, -0.2) is 31.3 Å². The molecule has 0 spiro atoms. The second-order valence-electron chi connectivity index (χ2n) is 5.25. The maximum absolute atomic E-state index is 4.62. The van der Waals surface area contributed by atoms with Crippen LogP contribution in [0.4, 0.5) is 0 Å². The minimum Gasteiger partial charge on any atom is -0.357 e. The van der Waals surface area contributed by atoms with E-state index in [4.69, 9.17) is 0 Å². The number of thioether (sulfide) groups is 1. The molecule has 0 amide bonds. The molecular formula is C16H25N3S. The molecule has 0 atom stereocenters. The number of nitrogens with zero attached hydrogens (tertiary/aromatic N) is 1. The van der Waals surface area contributed by atoms with E-state index < -0.39 is 0 Å². The predicted molar refractivity (Wildman–Crippen MR) is 88.6 cm³/mol. The highest BCUT2D eigenvalue weighted by atomic mass is 32.2. The Morgan fingerprint density at radius 2 is 2.00 bits per heavy atom. The largest absolute Gasteiger partial charge is 0.357 e. The minimum atomic E-state index is 0.840. The smallest absolute Gasteiger partial charge is 0.191 e. The van der Waals surface area contributed by atoms with Crippen molar-refractivity contribution in [1.82, 2.24) is 10.6 Å². The summed E-state index contributed by atoms with van der Waals surface area (Å²) in [4.78, 5) is 5.95. The average molecular weight is 291 g/mol. The number of aliphatic imine (C=N–C) groups is 1. The van der Waals surface area contributed by atoms with Gasteiger partial charge in [0.1, 0.15) is 0 Å². The molecule has 110 valence electrons. The lowest BCUT2D eigenvalue weighted by Gasteiger charge is -2.11. The van der Waals surface area contributed by atoms with E-state index in [2.05, 4.69) is 53.7 Å². The molecule has 2 N–H and O–H groups in total. The summed E-state index contributed by atoms with van der Waals surface area (Å²) >= 11 is 1.88. The fourth-order valence-electron chi connectivity index (χ4n) is 1.84. The summed E-state index contributed by atoms with van der Waals surface area (Å²) in [6.07, 6.45) is 2.71. The lowest BCUT2D eigenvalue weighted by Crippen LogP contribution is -2.38. The van der Waals surface area contributed by atoms with Gasteiger partial charge in [-0.05, 0) is 44.7 Å². The van der Waals surface area contributed by atoms with Gasteiger partial charge in [-0.1, -0.05) is 17.7 Å². The zero-order chi connectivity index (χ0) is 14.2. The van der Waals surface area contributed by atoms with Crippen LogP contribution >= 0.6 is 11.8 Å². The molecule has 4 heteroatoms. The van der Waals surface area contributed by atoms with Crippen LogP contribution in [0.3, 0.4) is 0 Å². The first-order chi connectivity index (χ1) is 9.78. The molecule has 2 rings (SSSR count). The summed E-state index contributed by atoms with van der Waals surface area (Å²) in [5, 5.41) is 6.71. The van der Waals surface area contributed by atoms with E-state index in [1.807, 2.05) is 11.8 Å². The second kappa shape index (κ2) is 8.20. The van der Waals surface area contributed by atoms with Gasteiger partial charge < -0.3 is 10.6 Å². The Kier molecular flexibility index (Phi) is 6.25. The van der Waals surface area contributed by atoms with Crippen molar-refractivity contribution in [2.45, 2.75) is 31.6 Å². The molecule has 0 radical (unpaired) electrons. The first-order valence-electron chi connectivity index (χ1n) is 7.49. The van der Waals surface area contributed by atoms with Gasteiger partial charge in [0.2, 0.25) is 0 Å². The van der Waals surface area contributed by atoms with Crippen LogP contribution in [0.2, 0.25) is 0 Å². The predicted octanol–water partition coefficient (Wildman–Crippen LogP) is 3.05. The Labute approximate surface area is 126 Å². The standard InChI is InChI=1S/C16H25N3S/c1-3-17-16(19-12-14-6-7-14)18-10-11-20-15-8-4-13(2)5-9-15/h4-5,8-9,14H,3,6-7,10-12H2,1-2H3,(H2,17,18,19). The third-order valence-electron chi connectivity index (χ3n) is 3.23. The Balaban J connectivity index is 1.66. The summed E-state index contributed by atoms with van der Waals surface area (Å²) in [6, 6.07) is 8.70. The third-order valence-corrected chi connectivity index (χ3v) is 4.25. The maximum Gasteiger partial charge on any atom is 0.191 e. The number of hydrogen-bond donors (Lipinski definition) is 2. The quantitative estimate of drug-likeness (QED) is 0.351. The molecule has 0 bridgehead atoms. The van der Waals surface area contributed by atoms with Crippen LogP contribution in [0.5, 0.6) is 0 Å². The second-order valence-corrected chi connectivity index (χ2v) is 6.42. The van der Waals surface area contributed by atoms with Gasteiger partial charge in [0.15, 0.2) is 5.96 Å². The zero-order valence-corrected chi connectivity index (χ0v) is 13.3. The maximum atomic E-state index is 4.62. The fourth-order valence-corrected chi connectivity index (χ4v) is 2.60. The van der Waals surface area contributed by atoms with E-state index >= 15 is 0 Å². The summed E-state index contributed by atoms with van der Waals surface area (Å²) in [5.41, 5.74) is 1.31. The van der Waals surface area contributed by atoms with Crippen LogP contribution in [0.1, 0.15) is 25.3 Å². The topological polar surface area (TPSA) is 36.4 Å². The van der Waals surface area contributed by atoms with Crippen LogP contribution < -0.4 is 10.6 Å². The van der Waals surface area contributed by atoms with Crippen LogP contribution in [-0.2, 0) is 0 Å². The van der Waals surface area contributed by atoms with Crippen molar-refractivity contribution in [3.05, 3.63) is 29.8 Å². The Morgan fingerprint density at radius 3 is 2.65 bits per heavy atom. The molecule has 1 aliphatic carbocycles. The minimum absolute atomic E-state index is 0.840. The molecule has 1 aromatic rings. The summed E-state index contributed by atoms with van der Waals surface area (Å²) in [6.45, 7) is 7.06. The Hall–Kier alpha value is -1.16. The van der Waals surface area contributed by atoms with Crippen molar-refractivity contribution in [2.75, 3.05) is 25.4 Å². The van der Waals surface area contributed by atoms with Crippen molar-refractivity contribution in [3.63, 3.8) is 0 Å². The molecule has 0 heterocycles. The van der Waals surface area contributed by atoms with Crippen molar-refractivity contribution < 1.29 is 0 Å². The molecule has 0 aliphatic heterocycles. The van der Waals surface area contributed by atoms with Gasteiger partial charge in [0.05, 0.1) is 0 Å². The van der Waals surface area contributed by atoms with Crippen LogP contribution in [0.15, 0.2) is 34.2 Å². The molecule has 20 heavy (non-hydrogen) atoms. The molecular weight excluding hydrogens is 266 g/mol. The van der Waals surface area contributed by atoms with Crippen molar-refractivity contribution in [1.29, 1.82) is 0 Å². The van der Waals surface area contributed by atoms with Gasteiger partial charge in [0, 0.05) is 30.3 Å². The number of aryl methyl sites for hydroxylation is 1. The summed E-state index contributed by atoms with van der Waals surface area (Å²) in [7, 11) is 0. The van der Waals surface area contributed by atoms with E-state index in [9.17, 15) is 0 Å². The van der Waals surface area contributed by atoms with Crippen molar-refractivity contribution in [2.24, 2.45) is 10.9 Å². The normalized spacial score (nSPS) is 15.2. The number of benzene rings is 1. The highest BCUT2D eigenvalue weighted by Crippen LogP contribution is 2.28. The monoisotopic (exact) mass is 291 g/mol. The first-order valence-corrected chi connectivity index (χ1v) is 8.48. The van der Waals surface area contributed by atoms with Gasteiger partial charge in [-0.3, -0.25) is 4.99 Å². The van der Waals surface area contributed by atoms with Gasteiger partial charge in [-0.15, -0.1) is 11.8 Å². The summed E-state index contributed by atoms with van der Waals surface area (Å²) < 4.78 is 0. The fraction of sp³-hybridized carbons (Fsp3) is 0.562. The van der Waals surface area contributed by atoms with E-state index in [0.29, 0.717) is 0 Å². The van der Waals surface area contributed by atoms with Crippen LogP contribution in [0.25, 0.3) is 0 Å². The number of guanidine groups is 1. The zero-order valence-electron chi connectivity index (χ0n) is 12.5. The number of hydrogen-bond acceptors (Lipinski definition) is 2. The van der Waals surface area contributed by atoms with Gasteiger partial charge in [0.25, 0.3) is 0 Å². The molecule has 1 saturated carbocycles. The first kappa shape index (κ1) is 15.2. The molecule has 0 saturated heterocycles. The average Bonchev–Trinajstić information content (AvgIpc) is 3.27. The third kappa shape index (κ3) is 5.87. The van der Waals surface area contributed by atoms with Crippen molar-refractivity contribution in [3.8, 4) is 0 Å². The van der Waals surface area contributed by atoms with Gasteiger partial charge >= 0.3 is 0 Å². The van der Waals surface area contributed by atoms with Crippen LogP contribution in [0, 0.1) is 12.8 Å². The molecule has 1 fully saturated rings. The molecule has 0 aromatic heterocycles. The highest BCUT2D eigenvalue weighted by molar-refractivity contribution is 7.99. The number of rotatable bonds is 7. The Morgan fingerprint density at radius 1 is 1.25 bits per heavy atom. The van der Waals surface area contributed by atoms with E-state index in [0.717, 1.165) is 37.3 Å². The SMILES string of the molecule is CCNC(=NCC1CC1)NCCSc1ccc(C)cc1. The van der Waals surface area contributed by atoms with Gasteiger partial charge in [-0.25, -0.2) is 0 Å². The lowest BCUT2D eigenvalue weighted by atomic mass is 10.2. The van der Waals surface area contributed by atoms with Gasteiger partial charge in [-0.2, -0.15) is 0 Å². The van der Waals surface area contributed by atoms with E-state index in [1.54, 1.807) is 0 Å². The van der Waals surface area contributed by atoms with Crippen molar-refractivity contribution >= 4 is 17.7 Å². The molecule has 1 aliphatic rings. The van der Waals surface area contributed by atoms with E-state index in [1.165, 1.54) is 23.3 Å². The van der Waals surface area contributed by atoms with E-state index in [-0.39, 0.29) is 0 Å². The highest BCUT2D eigenvalue weighted by Gasteiger charge is 2.20.